The van der Waals surface area contributed by atoms with Crippen LogP contribution in [-0.4, -0.2) is 28.8 Å². The Morgan fingerprint density at radius 2 is 1.83 bits per heavy atom. The number of hydrogen-bond acceptors (Lipinski definition) is 3. The number of aliphatic carboxylic acids is 1. The summed E-state index contributed by atoms with van der Waals surface area (Å²) >= 11 is 0. The highest BCUT2D eigenvalue weighted by molar-refractivity contribution is 5.80. The molecule has 24 heavy (non-hydrogen) atoms. The molecule has 1 rings (SSSR count). The number of carbonyl (C=O) groups excluding carboxylic acids is 1. The number of ether oxygens (including phenoxy) is 1. The fraction of sp³-hybridized carbons (Fsp3) is 0.467. The highest BCUT2D eigenvalue weighted by Gasteiger charge is 2.32. The fourth-order valence-electron chi connectivity index (χ4n) is 1.78. The molecule has 1 amide bonds. The first-order chi connectivity index (χ1) is 10.8. The van der Waals surface area contributed by atoms with Gasteiger partial charge in [-0.25, -0.2) is 14.0 Å². The average molecular weight is 351 g/mol. The van der Waals surface area contributed by atoms with Crippen LogP contribution in [0.5, 0.6) is 0 Å². The number of rotatable bonds is 4. The topological polar surface area (TPSA) is 75.6 Å². The molecule has 0 radical (unpaired) electrons. The van der Waals surface area contributed by atoms with E-state index in [1.54, 1.807) is 20.8 Å². The molecule has 1 aromatic rings. The van der Waals surface area contributed by atoms with Crippen LogP contribution in [0.4, 0.5) is 22.4 Å². The van der Waals surface area contributed by atoms with E-state index in [9.17, 15) is 27.2 Å². The van der Waals surface area contributed by atoms with Crippen LogP contribution in [0.1, 0.15) is 31.9 Å². The minimum Gasteiger partial charge on any atom is -0.480 e. The first-order valence-electron chi connectivity index (χ1n) is 6.87. The lowest BCUT2D eigenvalue weighted by Crippen LogP contribution is -2.44. The van der Waals surface area contributed by atoms with E-state index in [4.69, 9.17) is 9.84 Å². The summed E-state index contributed by atoms with van der Waals surface area (Å²) in [5, 5.41) is 11.1. The van der Waals surface area contributed by atoms with E-state index in [2.05, 4.69) is 0 Å². The maximum Gasteiger partial charge on any atom is 0.416 e. The van der Waals surface area contributed by atoms with Gasteiger partial charge in [0.2, 0.25) is 0 Å². The summed E-state index contributed by atoms with van der Waals surface area (Å²) in [6.45, 7) is 4.65. The minimum atomic E-state index is -4.69. The molecule has 0 aromatic heterocycles. The van der Waals surface area contributed by atoms with Crippen LogP contribution in [0.3, 0.4) is 0 Å². The molecule has 9 heteroatoms. The maximum atomic E-state index is 13.7. The second-order valence-corrected chi connectivity index (χ2v) is 6.05. The Labute approximate surface area is 135 Å². The van der Waals surface area contributed by atoms with E-state index in [0.29, 0.717) is 18.2 Å². The van der Waals surface area contributed by atoms with Gasteiger partial charge in [0.15, 0.2) is 0 Å². The molecule has 0 bridgehead atoms. The number of carboxylic acids is 1. The molecule has 0 aliphatic carbocycles. The van der Waals surface area contributed by atoms with Crippen LogP contribution in [0.25, 0.3) is 0 Å². The number of halogens is 4. The summed E-state index contributed by atoms with van der Waals surface area (Å²) < 4.78 is 56.6. The monoisotopic (exact) mass is 351 g/mol. The SMILES string of the molecule is CC(C)(C)OC(=O)NC(Cc1cc(C(F)(F)F)ccc1F)C(=O)O. The molecule has 0 heterocycles. The van der Waals surface area contributed by atoms with Gasteiger partial charge in [0, 0.05) is 6.42 Å². The Bertz CT molecular complexity index is 623. The number of nitrogens with one attached hydrogen (secondary N) is 1. The highest BCUT2D eigenvalue weighted by Crippen LogP contribution is 2.30. The van der Waals surface area contributed by atoms with Crippen LogP contribution in [0, 0.1) is 5.82 Å². The van der Waals surface area contributed by atoms with Gasteiger partial charge in [-0.3, -0.25) is 0 Å². The van der Waals surface area contributed by atoms with Crippen LogP contribution in [-0.2, 0) is 22.1 Å². The minimum absolute atomic E-state index is 0.478. The molecule has 0 aliphatic heterocycles. The van der Waals surface area contributed by atoms with Crippen molar-refractivity contribution in [1.82, 2.24) is 5.32 Å². The highest BCUT2D eigenvalue weighted by atomic mass is 19.4. The van der Waals surface area contributed by atoms with Crippen LogP contribution in [0.15, 0.2) is 18.2 Å². The van der Waals surface area contributed by atoms with E-state index in [1.165, 1.54) is 0 Å². The number of benzene rings is 1. The lowest BCUT2D eigenvalue weighted by Gasteiger charge is -2.22. The van der Waals surface area contributed by atoms with Crippen molar-refractivity contribution in [2.75, 3.05) is 0 Å². The zero-order valence-electron chi connectivity index (χ0n) is 13.2. The molecule has 0 aliphatic rings. The van der Waals surface area contributed by atoms with Crippen molar-refractivity contribution >= 4 is 12.1 Å². The number of alkyl halides is 3. The van der Waals surface area contributed by atoms with Gasteiger partial charge in [0.1, 0.15) is 17.5 Å². The standard InChI is InChI=1S/C15H17F4NO4/c1-14(2,3)24-13(23)20-11(12(21)22)7-8-6-9(15(17,18)19)4-5-10(8)16/h4-6,11H,7H2,1-3H3,(H,20,23)(H,21,22). The summed E-state index contributed by atoms with van der Waals surface area (Å²) in [5.74, 6) is -2.53. The second kappa shape index (κ2) is 7.06. The normalized spacial score (nSPS) is 13.3. The largest absolute Gasteiger partial charge is 0.480 e. The molecule has 0 saturated carbocycles. The summed E-state index contributed by atoms with van der Waals surface area (Å²) in [7, 11) is 0. The average Bonchev–Trinajstić information content (AvgIpc) is 2.36. The lowest BCUT2D eigenvalue weighted by atomic mass is 10.0. The van der Waals surface area contributed by atoms with Crippen molar-refractivity contribution in [3.05, 3.63) is 35.1 Å². The fourth-order valence-corrected chi connectivity index (χ4v) is 1.78. The summed E-state index contributed by atoms with van der Waals surface area (Å²) in [6.07, 6.45) is -6.42. The number of alkyl carbamates (subject to hydrolysis) is 1. The molecule has 0 saturated heterocycles. The van der Waals surface area contributed by atoms with Crippen molar-refractivity contribution < 1.29 is 37.0 Å². The Balaban J connectivity index is 2.97. The second-order valence-electron chi connectivity index (χ2n) is 6.05. The molecule has 2 N–H and O–H groups in total. The van der Waals surface area contributed by atoms with Gasteiger partial charge in [-0.05, 0) is 44.5 Å². The maximum absolute atomic E-state index is 13.7. The van der Waals surface area contributed by atoms with Gasteiger partial charge in [0.25, 0.3) is 0 Å². The number of hydrogen-bond donors (Lipinski definition) is 2. The van der Waals surface area contributed by atoms with E-state index < -0.39 is 53.2 Å². The summed E-state index contributed by atoms with van der Waals surface area (Å²) in [4.78, 5) is 22.8. The van der Waals surface area contributed by atoms with E-state index in [-0.39, 0.29) is 0 Å². The van der Waals surface area contributed by atoms with Crippen molar-refractivity contribution in [2.45, 2.75) is 45.0 Å². The van der Waals surface area contributed by atoms with Gasteiger partial charge < -0.3 is 15.2 Å². The third-order valence-corrected chi connectivity index (χ3v) is 2.79. The van der Waals surface area contributed by atoms with Gasteiger partial charge in [-0.15, -0.1) is 0 Å². The van der Waals surface area contributed by atoms with E-state index in [1.807, 2.05) is 5.32 Å². The third-order valence-electron chi connectivity index (χ3n) is 2.79. The van der Waals surface area contributed by atoms with Crippen LogP contribution >= 0.6 is 0 Å². The third kappa shape index (κ3) is 6.05. The molecule has 5 nitrogen and oxygen atoms in total. The number of carbonyl (C=O) groups is 2. The van der Waals surface area contributed by atoms with Gasteiger partial charge in [-0.1, -0.05) is 0 Å². The van der Waals surface area contributed by atoms with Crippen molar-refractivity contribution in [3.63, 3.8) is 0 Å². The molecular formula is C15H17F4NO4. The molecule has 0 fully saturated rings. The van der Waals surface area contributed by atoms with Crippen LogP contribution in [0.2, 0.25) is 0 Å². The zero-order chi connectivity index (χ0) is 18.7. The van der Waals surface area contributed by atoms with Gasteiger partial charge >= 0.3 is 18.2 Å². The Kier molecular flexibility index (Phi) is 5.80. The van der Waals surface area contributed by atoms with E-state index >= 15 is 0 Å². The zero-order valence-corrected chi connectivity index (χ0v) is 13.2. The van der Waals surface area contributed by atoms with Crippen molar-refractivity contribution in [2.24, 2.45) is 0 Å². The number of carboxylic acid groups (broad SMARTS) is 1. The quantitative estimate of drug-likeness (QED) is 0.816. The van der Waals surface area contributed by atoms with Gasteiger partial charge in [0.05, 0.1) is 5.56 Å². The molecular weight excluding hydrogens is 334 g/mol. The first kappa shape index (κ1) is 19.7. The molecule has 1 unspecified atom stereocenters. The summed E-state index contributed by atoms with van der Waals surface area (Å²) in [5.41, 5.74) is -2.48. The first-order valence-corrected chi connectivity index (χ1v) is 6.87. The van der Waals surface area contributed by atoms with Crippen LogP contribution < -0.4 is 5.32 Å². The Hall–Kier alpha value is -2.32. The predicted octanol–water partition coefficient (Wildman–Crippen LogP) is 3.36. The number of amides is 1. The van der Waals surface area contributed by atoms with Gasteiger partial charge in [-0.2, -0.15) is 13.2 Å². The lowest BCUT2D eigenvalue weighted by molar-refractivity contribution is -0.139. The molecule has 1 atom stereocenters. The molecule has 0 spiro atoms. The molecule has 134 valence electrons. The van der Waals surface area contributed by atoms with E-state index in [0.717, 1.165) is 0 Å². The smallest absolute Gasteiger partial charge is 0.416 e. The predicted molar refractivity (Wildman–Crippen MR) is 75.9 cm³/mol. The van der Waals surface area contributed by atoms with Crippen molar-refractivity contribution in [1.29, 1.82) is 0 Å². The molecule has 1 aromatic carbocycles. The summed E-state index contributed by atoms with van der Waals surface area (Å²) in [6, 6.07) is 0.0282. The Morgan fingerprint density at radius 3 is 2.29 bits per heavy atom. The van der Waals surface area contributed by atoms with Crippen molar-refractivity contribution in [3.8, 4) is 0 Å². The Morgan fingerprint density at radius 1 is 1.25 bits per heavy atom.